The zero-order valence-corrected chi connectivity index (χ0v) is 21.5. The number of rotatable bonds is 6. The molecule has 0 amide bonds. The fourth-order valence-corrected chi connectivity index (χ4v) is 5.03. The number of hydrogen-bond acceptors (Lipinski definition) is 2. The molecule has 3 aromatic carbocycles. The van der Waals surface area contributed by atoms with Crippen LogP contribution in [-0.2, 0) is 24.0 Å². The minimum absolute atomic E-state index is 0.0320. The minimum atomic E-state index is -0.0560. The smallest absolute Gasteiger partial charge is 0.131 e. The molecule has 0 saturated heterocycles. The summed E-state index contributed by atoms with van der Waals surface area (Å²) in [6.45, 7) is 16.2. The van der Waals surface area contributed by atoms with Crippen LogP contribution < -0.4 is 15.3 Å². The Morgan fingerprint density at radius 1 is 0.812 bits per heavy atom. The van der Waals surface area contributed by atoms with Crippen LogP contribution in [0.15, 0.2) is 60.7 Å². The molecular weight excluding hydrogens is 411 g/mol. The van der Waals surface area contributed by atoms with Crippen LogP contribution in [-0.4, -0.2) is 5.11 Å². The van der Waals surface area contributed by atoms with Crippen LogP contribution in [0.1, 0.15) is 69.4 Å². The van der Waals surface area contributed by atoms with E-state index < -0.39 is 0 Å². The van der Waals surface area contributed by atoms with Crippen molar-refractivity contribution in [1.29, 1.82) is 0 Å². The van der Waals surface area contributed by atoms with Gasteiger partial charge in [-0.1, -0.05) is 110 Å². The molecule has 0 aliphatic heterocycles. The number of hydrogen-bond donors (Lipinski definition) is 1. The zero-order chi connectivity index (χ0) is 23.5. The summed E-state index contributed by atoms with van der Waals surface area (Å²) in [6.07, 6.45) is 0. The van der Waals surface area contributed by atoms with Crippen LogP contribution >= 0.6 is 8.58 Å². The average Bonchev–Trinajstić information content (AvgIpc) is 2.72. The Balaban J connectivity index is 2.15. The van der Waals surface area contributed by atoms with Gasteiger partial charge in [0.2, 0.25) is 0 Å². The molecule has 170 valence electrons. The van der Waals surface area contributed by atoms with Gasteiger partial charge in [0.05, 0.1) is 6.61 Å². The standard InChI is InChI=1S/C29H37O2P/c1-20-13-14-25(22(15-20)18-30)32-26-17-23(28(2,3)4)16-24(29(5,6)7)27(26)31-19-21-11-9-8-10-12-21/h8-17,30,32H,18-19H2,1-7H3. The van der Waals surface area contributed by atoms with E-state index in [0.29, 0.717) is 15.2 Å². The van der Waals surface area contributed by atoms with Crippen molar-refractivity contribution in [2.24, 2.45) is 0 Å². The van der Waals surface area contributed by atoms with Gasteiger partial charge in [0.15, 0.2) is 0 Å². The number of benzene rings is 3. The molecular formula is C29H37O2P. The number of ether oxygens (including phenoxy) is 1. The third-order valence-electron chi connectivity index (χ3n) is 5.69. The molecule has 0 aliphatic rings. The Morgan fingerprint density at radius 3 is 2.09 bits per heavy atom. The Kier molecular flexibility index (Phi) is 7.48. The Bertz CT molecular complexity index is 1060. The van der Waals surface area contributed by atoms with Crippen molar-refractivity contribution in [2.75, 3.05) is 0 Å². The summed E-state index contributed by atoms with van der Waals surface area (Å²) in [4.78, 5) is 0. The second-order valence-corrected chi connectivity index (χ2v) is 11.9. The highest BCUT2D eigenvalue weighted by Crippen LogP contribution is 2.37. The summed E-state index contributed by atoms with van der Waals surface area (Å²) in [5.74, 6) is 0.983. The van der Waals surface area contributed by atoms with Crippen molar-refractivity contribution < 1.29 is 9.84 Å². The maximum atomic E-state index is 9.98. The molecule has 1 atom stereocenters. The molecule has 1 unspecified atom stereocenters. The quantitative estimate of drug-likeness (QED) is 0.449. The maximum Gasteiger partial charge on any atom is 0.131 e. The van der Waals surface area contributed by atoms with Crippen LogP contribution in [0, 0.1) is 6.92 Å². The Morgan fingerprint density at radius 2 is 1.50 bits per heavy atom. The molecule has 0 radical (unpaired) electrons. The van der Waals surface area contributed by atoms with Gasteiger partial charge in [-0.15, -0.1) is 0 Å². The van der Waals surface area contributed by atoms with E-state index in [-0.39, 0.29) is 17.4 Å². The van der Waals surface area contributed by atoms with E-state index in [1.54, 1.807) is 0 Å². The molecule has 0 saturated carbocycles. The largest absolute Gasteiger partial charge is 0.488 e. The second kappa shape index (κ2) is 9.77. The first-order valence-electron chi connectivity index (χ1n) is 11.3. The number of aliphatic hydroxyl groups is 1. The summed E-state index contributed by atoms with van der Waals surface area (Å²) >= 11 is 0. The predicted octanol–water partition coefficient (Wildman–Crippen LogP) is 6.29. The highest BCUT2D eigenvalue weighted by molar-refractivity contribution is 7.55. The monoisotopic (exact) mass is 448 g/mol. The van der Waals surface area contributed by atoms with E-state index in [0.717, 1.165) is 16.9 Å². The van der Waals surface area contributed by atoms with Gasteiger partial charge in [0.1, 0.15) is 12.4 Å². The van der Waals surface area contributed by atoms with Crippen LogP contribution in [0.25, 0.3) is 0 Å². The summed E-state index contributed by atoms with van der Waals surface area (Å²) in [5.41, 5.74) is 5.85. The zero-order valence-electron chi connectivity index (χ0n) is 20.5. The highest BCUT2D eigenvalue weighted by atomic mass is 31.1. The predicted molar refractivity (Wildman–Crippen MR) is 139 cm³/mol. The summed E-state index contributed by atoms with van der Waals surface area (Å²) < 4.78 is 6.56. The lowest BCUT2D eigenvalue weighted by Crippen LogP contribution is -2.23. The highest BCUT2D eigenvalue weighted by Gasteiger charge is 2.26. The van der Waals surface area contributed by atoms with Crippen LogP contribution in [0.3, 0.4) is 0 Å². The van der Waals surface area contributed by atoms with Gasteiger partial charge in [-0.25, -0.2) is 0 Å². The molecule has 3 heteroatoms. The maximum absolute atomic E-state index is 9.98. The second-order valence-electron chi connectivity index (χ2n) is 10.6. The molecule has 0 aliphatic carbocycles. The molecule has 0 spiro atoms. The lowest BCUT2D eigenvalue weighted by Gasteiger charge is -2.29. The molecule has 32 heavy (non-hydrogen) atoms. The topological polar surface area (TPSA) is 29.5 Å². The fraction of sp³-hybridized carbons (Fsp3) is 0.379. The molecule has 0 aromatic heterocycles. The fourth-order valence-electron chi connectivity index (χ4n) is 3.72. The van der Waals surface area contributed by atoms with Gasteiger partial charge in [-0.05, 0) is 45.8 Å². The van der Waals surface area contributed by atoms with Crippen molar-refractivity contribution in [2.45, 2.75) is 72.5 Å². The first-order chi connectivity index (χ1) is 15.0. The van der Waals surface area contributed by atoms with Crippen molar-refractivity contribution in [3.05, 3.63) is 88.5 Å². The molecule has 3 aromatic rings. The van der Waals surface area contributed by atoms with E-state index in [4.69, 9.17) is 4.74 Å². The number of aliphatic hydroxyl groups excluding tert-OH is 1. The SMILES string of the molecule is Cc1ccc(Pc2cc(C(C)(C)C)cc(C(C)(C)C)c2OCc2ccccc2)c(CO)c1. The van der Waals surface area contributed by atoms with Gasteiger partial charge in [-0.2, -0.15) is 0 Å². The Hall–Kier alpha value is -2.15. The van der Waals surface area contributed by atoms with Gasteiger partial charge in [-0.3, -0.25) is 0 Å². The summed E-state index contributed by atoms with van der Waals surface area (Å²) in [7, 11) is 0.411. The molecule has 3 rings (SSSR count). The van der Waals surface area contributed by atoms with E-state index in [1.807, 2.05) is 6.07 Å². The lowest BCUT2D eigenvalue weighted by molar-refractivity contribution is 0.283. The van der Waals surface area contributed by atoms with Gasteiger partial charge < -0.3 is 9.84 Å². The summed E-state index contributed by atoms with van der Waals surface area (Å²) in [5, 5.41) is 12.4. The van der Waals surface area contributed by atoms with Crippen LogP contribution in [0.5, 0.6) is 5.75 Å². The van der Waals surface area contributed by atoms with E-state index in [9.17, 15) is 5.11 Å². The van der Waals surface area contributed by atoms with Crippen molar-refractivity contribution in [1.82, 2.24) is 0 Å². The van der Waals surface area contributed by atoms with Crippen LogP contribution in [0.2, 0.25) is 0 Å². The van der Waals surface area contributed by atoms with Crippen molar-refractivity contribution in [3.63, 3.8) is 0 Å². The number of aryl methyl sites for hydroxylation is 1. The van der Waals surface area contributed by atoms with Crippen molar-refractivity contribution >= 4 is 19.2 Å². The van der Waals surface area contributed by atoms with E-state index in [2.05, 4.69) is 103 Å². The molecule has 2 nitrogen and oxygen atoms in total. The molecule has 0 heterocycles. The van der Waals surface area contributed by atoms with Gasteiger partial charge in [0, 0.05) is 10.9 Å². The normalized spacial score (nSPS) is 12.5. The molecule has 0 bridgehead atoms. The summed E-state index contributed by atoms with van der Waals surface area (Å²) in [6, 6.07) is 21.4. The Labute approximate surface area is 195 Å². The molecule has 0 fully saturated rings. The lowest BCUT2D eigenvalue weighted by atomic mass is 9.80. The van der Waals surface area contributed by atoms with Crippen LogP contribution in [0.4, 0.5) is 0 Å². The minimum Gasteiger partial charge on any atom is -0.488 e. The third-order valence-corrected chi connectivity index (χ3v) is 7.09. The first kappa shape index (κ1) is 24.5. The van der Waals surface area contributed by atoms with E-state index in [1.165, 1.54) is 27.3 Å². The van der Waals surface area contributed by atoms with Gasteiger partial charge in [0.25, 0.3) is 0 Å². The van der Waals surface area contributed by atoms with Gasteiger partial charge >= 0.3 is 0 Å². The van der Waals surface area contributed by atoms with E-state index >= 15 is 0 Å². The molecule has 1 N–H and O–H groups in total. The average molecular weight is 449 g/mol. The first-order valence-corrected chi connectivity index (χ1v) is 12.3. The van der Waals surface area contributed by atoms with Crippen molar-refractivity contribution in [3.8, 4) is 5.75 Å². The third kappa shape index (κ3) is 6.00.